The van der Waals surface area contributed by atoms with E-state index in [1.165, 1.54) is 39.1 Å². The Kier molecular flexibility index (Phi) is 6.08. The molecule has 2 aliphatic rings. The maximum atomic E-state index is 12.3. The molecule has 4 nitrogen and oxygen atoms in total. The predicted molar refractivity (Wildman–Crippen MR) is 127 cm³/mol. The molecule has 0 spiro atoms. The maximum absolute atomic E-state index is 12.3. The molecule has 5 rings (SSSR count). The molecule has 0 atom stereocenters. The van der Waals surface area contributed by atoms with E-state index in [1.807, 2.05) is 6.20 Å². The van der Waals surface area contributed by atoms with Crippen molar-refractivity contribution in [1.82, 2.24) is 15.1 Å². The summed E-state index contributed by atoms with van der Waals surface area (Å²) in [4.78, 5) is 2.24. The minimum Gasteiger partial charge on any atom is -0.488 e. The monoisotopic (exact) mass is 431 g/mol. The molecule has 0 amide bonds. The van der Waals surface area contributed by atoms with Gasteiger partial charge < -0.3 is 4.74 Å². The highest BCUT2D eigenvalue weighted by Crippen LogP contribution is 2.40. The van der Waals surface area contributed by atoms with Crippen LogP contribution in [0.2, 0.25) is 0 Å². The van der Waals surface area contributed by atoms with Crippen LogP contribution in [-0.2, 0) is 6.42 Å². The third-order valence-corrected chi connectivity index (χ3v) is 6.59. The number of aryl methyl sites for hydroxylation is 2. The summed E-state index contributed by atoms with van der Waals surface area (Å²) in [7, 11) is 0. The molecule has 166 valence electrons. The number of H-pyrrole nitrogens is 1. The fourth-order valence-corrected chi connectivity index (χ4v) is 4.91. The Morgan fingerprint density at radius 2 is 1.88 bits per heavy atom. The third-order valence-electron chi connectivity index (χ3n) is 6.59. The molecule has 0 radical (unpaired) electrons. The van der Waals surface area contributed by atoms with Gasteiger partial charge in [0.2, 0.25) is 0 Å². The summed E-state index contributed by atoms with van der Waals surface area (Å²) in [6.07, 6.45) is 5.92. The molecule has 2 aromatic carbocycles. The molecule has 0 unspecified atom stereocenters. The van der Waals surface area contributed by atoms with Crippen LogP contribution < -0.4 is 4.74 Å². The highest BCUT2D eigenvalue weighted by Gasteiger charge is 2.28. The van der Waals surface area contributed by atoms with E-state index in [1.54, 1.807) is 0 Å². The number of nitrogens with zero attached hydrogens (tertiary/aromatic N) is 2. The zero-order chi connectivity index (χ0) is 21.9. The van der Waals surface area contributed by atoms with E-state index >= 15 is 0 Å². The van der Waals surface area contributed by atoms with Crippen LogP contribution in [0.5, 0.6) is 5.75 Å². The maximum Gasteiger partial charge on any atom is 0.124 e. The average molecular weight is 432 g/mol. The Labute approximate surface area is 189 Å². The lowest BCUT2D eigenvalue weighted by Gasteiger charge is -2.38. The van der Waals surface area contributed by atoms with Crippen molar-refractivity contribution in [2.24, 2.45) is 0 Å². The number of halogens is 1. The van der Waals surface area contributed by atoms with Gasteiger partial charge in [0, 0.05) is 30.9 Å². The van der Waals surface area contributed by atoms with E-state index in [0.29, 0.717) is 6.42 Å². The first kappa shape index (κ1) is 21.0. The zero-order valence-corrected chi connectivity index (χ0v) is 18.6. The van der Waals surface area contributed by atoms with E-state index in [4.69, 9.17) is 4.74 Å². The number of fused-ring (bicyclic) bond motifs is 1. The number of likely N-dealkylation sites (tertiary alicyclic amines) is 1. The van der Waals surface area contributed by atoms with Crippen LogP contribution in [0.15, 0.2) is 54.7 Å². The van der Waals surface area contributed by atoms with E-state index in [-0.39, 0.29) is 12.8 Å². The van der Waals surface area contributed by atoms with Crippen LogP contribution in [0, 0.1) is 6.92 Å². The summed E-state index contributed by atoms with van der Waals surface area (Å²) in [6, 6.07) is 17.1. The Balaban J connectivity index is 1.43. The molecule has 0 saturated carbocycles. The van der Waals surface area contributed by atoms with Crippen molar-refractivity contribution < 1.29 is 9.13 Å². The first-order chi connectivity index (χ1) is 15.7. The lowest BCUT2D eigenvalue weighted by atomic mass is 9.88. The van der Waals surface area contributed by atoms with Crippen LogP contribution in [0.4, 0.5) is 4.39 Å². The van der Waals surface area contributed by atoms with E-state index < -0.39 is 0 Å². The van der Waals surface area contributed by atoms with Crippen LogP contribution in [0.25, 0.3) is 11.1 Å². The van der Waals surface area contributed by atoms with E-state index in [0.717, 1.165) is 44.6 Å². The van der Waals surface area contributed by atoms with Crippen molar-refractivity contribution >= 4 is 11.1 Å². The summed E-state index contributed by atoms with van der Waals surface area (Å²) in [6.45, 7) is 4.51. The van der Waals surface area contributed by atoms with Gasteiger partial charge in [0.25, 0.3) is 0 Å². The van der Waals surface area contributed by atoms with Gasteiger partial charge in [-0.15, -0.1) is 0 Å². The summed E-state index contributed by atoms with van der Waals surface area (Å²) < 4.78 is 18.5. The number of allylic oxidation sites excluding steroid dienone is 1. The van der Waals surface area contributed by atoms with Gasteiger partial charge in [0.15, 0.2) is 0 Å². The number of nitrogens with one attached hydrogen (secondary N) is 1. The molecule has 1 N–H and O–H groups in total. The molecule has 1 aliphatic carbocycles. The largest absolute Gasteiger partial charge is 0.488 e. The van der Waals surface area contributed by atoms with E-state index in [9.17, 15) is 4.39 Å². The average Bonchev–Trinajstić information content (AvgIpc) is 3.16. The third kappa shape index (κ3) is 4.22. The van der Waals surface area contributed by atoms with Crippen molar-refractivity contribution in [3.8, 4) is 5.75 Å². The van der Waals surface area contributed by atoms with Gasteiger partial charge in [-0.2, -0.15) is 5.10 Å². The lowest BCUT2D eigenvalue weighted by molar-refractivity contribution is 0.0184. The van der Waals surface area contributed by atoms with Crippen molar-refractivity contribution in [3.05, 3.63) is 82.7 Å². The van der Waals surface area contributed by atoms with Gasteiger partial charge in [-0.05, 0) is 72.6 Å². The summed E-state index contributed by atoms with van der Waals surface area (Å²) in [5.41, 5.74) is 8.89. The normalized spacial score (nSPS) is 17.1. The van der Waals surface area contributed by atoms with Gasteiger partial charge in [-0.25, -0.2) is 0 Å². The van der Waals surface area contributed by atoms with Crippen LogP contribution in [0.3, 0.4) is 0 Å². The summed E-state index contributed by atoms with van der Waals surface area (Å²) in [5, 5.41) is 7.58. The van der Waals surface area contributed by atoms with Gasteiger partial charge in [0.05, 0.1) is 12.9 Å². The second-order valence-corrected chi connectivity index (χ2v) is 8.85. The zero-order valence-electron chi connectivity index (χ0n) is 18.6. The van der Waals surface area contributed by atoms with Gasteiger partial charge in [0.1, 0.15) is 11.9 Å². The molecule has 32 heavy (non-hydrogen) atoms. The van der Waals surface area contributed by atoms with Crippen molar-refractivity contribution in [1.29, 1.82) is 0 Å². The highest BCUT2D eigenvalue weighted by atomic mass is 19.1. The SMILES string of the molecule is Cc1ccccc1C1=C(c2ccc(OC3CN(CCCF)C3)cc2)c2cn[nH]c2CCC1. The van der Waals surface area contributed by atoms with Gasteiger partial charge in [-0.3, -0.25) is 14.4 Å². The number of hydrogen-bond acceptors (Lipinski definition) is 3. The van der Waals surface area contributed by atoms with Crippen molar-refractivity contribution in [2.75, 3.05) is 26.3 Å². The standard InChI is InChI=1S/C27H30FN3O/c1-19-6-2-3-7-23(19)24-8-4-9-26-25(16-29-30-26)27(24)20-10-12-21(13-11-20)32-22-17-31(18-22)15-5-14-28/h2-3,6-7,10-13,16,22H,4-5,8-9,14-15,17-18H2,1H3,(H,29,30). The topological polar surface area (TPSA) is 41.1 Å². The second kappa shape index (κ2) is 9.29. The van der Waals surface area contributed by atoms with Crippen LogP contribution in [0.1, 0.15) is 47.2 Å². The fraction of sp³-hybridized carbons (Fsp3) is 0.370. The molecule has 1 fully saturated rings. The Bertz CT molecular complexity index is 1100. The molecule has 1 saturated heterocycles. The molecule has 1 aromatic heterocycles. The van der Waals surface area contributed by atoms with E-state index in [2.05, 4.69) is 70.6 Å². The Hall–Kier alpha value is -2.92. The molecular weight excluding hydrogens is 401 g/mol. The van der Waals surface area contributed by atoms with Gasteiger partial charge >= 0.3 is 0 Å². The predicted octanol–water partition coefficient (Wildman–Crippen LogP) is 5.44. The van der Waals surface area contributed by atoms with Crippen molar-refractivity contribution in [3.63, 3.8) is 0 Å². The number of ether oxygens (including phenoxy) is 1. The van der Waals surface area contributed by atoms with Crippen LogP contribution >= 0.6 is 0 Å². The molecule has 1 aliphatic heterocycles. The second-order valence-electron chi connectivity index (χ2n) is 8.85. The lowest BCUT2D eigenvalue weighted by Crippen LogP contribution is -2.53. The number of rotatable bonds is 7. The number of aromatic amines is 1. The number of alkyl halides is 1. The molecule has 5 heteroatoms. The minimum absolute atomic E-state index is 0.195. The number of hydrogen-bond donors (Lipinski definition) is 1. The quantitative estimate of drug-likeness (QED) is 0.542. The highest BCUT2D eigenvalue weighted by molar-refractivity contribution is 6.00. The fourth-order valence-electron chi connectivity index (χ4n) is 4.91. The molecule has 3 aromatic rings. The molecular formula is C27H30FN3O. The minimum atomic E-state index is -0.248. The number of aromatic nitrogens is 2. The van der Waals surface area contributed by atoms with Crippen LogP contribution in [-0.4, -0.2) is 47.5 Å². The molecule has 2 heterocycles. The smallest absolute Gasteiger partial charge is 0.124 e. The first-order valence-electron chi connectivity index (χ1n) is 11.6. The Morgan fingerprint density at radius 1 is 1.06 bits per heavy atom. The van der Waals surface area contributed by atoms with Crippen molar-refractivity contribution in [2.45, 2.75) is 38.7 Å². The summed E-state index contributed by atoms with van der Waals surface area (Å²) in [5.74, 6) is 0.892. The van der Waals surface area contributed by atoms with Gasteiger partial charge in [-0.1, -0.05) is 36.4 Å². The first-order valence-corrected chi connectivity index (χ1v) is 11.6. The molecule has 0 bridgehead atoms. The summed E-state index contributed by atoms with van der Waals surface area (Å²) >= 11 is 0. The Morgan fingerprint density at radius 3 is 2.66 bits per heavy atom. The number of benzene rings is 2.